The molecule has 18 heavy (non-hydrogen) atoms. The van der Waals surface area contributed by atoms with Crippen LogP contribution in [0.3, 0.4) is 0 Å². The average molecular weight is 257 g/mol. The monoisotopic (exact) mass is 257 g/mol. The van der Waals surface area contributed by atoms with E-state index in [0.717, 1.165) is 26.1 Å². The molecule has 1 fully saturated rings. The minimum atomic E-state index is -1.18. The van der Waals surface area contributed by atoms with Crippen LogP contribution >= 0.6 is 0 Å². The van der Waals surface area contributed by atoms with Crippen LogP contribution in [0.1, 0.15) is 20.3 Å². The van der Waals surface area contributed by atoms with Crippen LogP contribution in [-0.4, -0.2) is 67.0 Å². The van der Waals surface area contributed by atoms with E-state index < -0.39 is 12.0 Å². The lowest BCUT2D eigenvalue weighted by Gasteiger charge is -2.35. The molecule has 0 saturated carbocycles. The van der Waals surface area contributed by atoms with E-state index in [-0.39, 0.29) is 12.5 Å². The molecule has 1 unspecified atom stereocenters. The third-order valence-electron chi connectivity index (χ3n) is 3.03. The van der Waals surface area contributed by atoms with Crippen molar-refractivity contribution in [3.05, 3.63) is 0 Å². The summed E-state index contributed by atoms with van der Waals surface area (Å²) in [5.74, 6) is -0.969. The first-order valence-electron chi connectivity index (χ1n) is 6.53. The SMILES string of the molecule is CCCN1CCN(C(=O)C(N)C(=O)OCC)CC1. The molecule has 1 atom stereocenters. The Kier molecular flexibility index (Phi) is 6.07. The average Bonchev–Trinajstić information content (AvgIpc) is 2.38. The zero-order chi connectivity index (χ0) is 13.5. The number of nitrogens with zero attached hydrogens (tertiary/aromatic N) is 2. The van der Waals surface area contributed by atoms with Gasteiger partial charge >= 0.3 is 5.97 Å². The topological polar surface area (TPSA) is 75.9 Å². The number of hydrogen-bond donors (Lipinski definition) is 1. The molecule has 1 aliphatic heterocycles. The van der Waals surface area contributed by atoms with Crippen LogP contribution in [0.4, 0.5) is 0 Å². The van der Waals surface area contributed by atoms with Gasteiger partial charge in [0.1, 0.15) is 0 Å². The van der Waals surface area contributed by atoms with E-state index in [1.54, 1.807) is 11.8 Å². The molecule has 6 nitrogen and oxygen atoms in total. The Bertz CT molecular complexity index is 288. The number of ether oxygens (including phenoxy) is 1. The standard InChI is InChI=1S/C12H23N3O3/c1-3-5-14-6-8-15(9-7-14)11(16)10(13)12(17)18-4-2/h10H,3-9,13H2,1-2H3. The van der Waals surface area contributed by atoms with Gasteiger partial charge in [0.15, 0.2) is 6.04 Å². The lowest BCUT2D eigenvalue weighted by molar-refractivity contribution is -0.151. The summed E-state index contributed by atoms with van der Waals surface area (Å²) in [6, 6.07) is -1.18. The van der Waals surface area contributed by atoms with E-state index in [9.17, 15) is 9.59 Å². The third kappa shape index (κ3) is 3.96. The van der Waals surface area contributed by atoms with E-state index in [1.807, 2.05) is 0 Å². The maximum atomic E-state index is 12.0. The molecule has 6 heteroatoms. The molecule has 1 amide bonds. The highest BCUT2D eigenvalue weighted by molar-refractivity contribution is 6.01. The number of amides is 1. The van der Waals surface area contributed by atoms with Crippen LogP contribution in [0.5, 0.6) is 0 Å². The van der Waals surface area contributed by atoms with Crippen LogP contribution in [0.15, 0.2) is 0 Å². The highest BCUT2D eigenvalue weighted by atomic mass is 16.5. The molecular weight excluding hydrogens is 234 g/mol. The summed E-state index contributed by atoms with van der Waals surface area (Å²) in [6.45, 7) is 8.06. The van der Waals surface area contributed by atoms with Gasteiger partial charge in [0.05, 0.1) is 6.61 Å². The van der Waals surface area contributed by atoms with Gasteiger partial charge in [-0.3, -0.25) is 9.69 Å². The van der Waals surface area contributed by atoms with Crippen molar-refractivity contribution in [3.8, 4) is 0 Å². The van der Waals surface area contributed by atoms with Crippen molar-refractivity contribution in [3.63, 3.8) is 0 Å². The number of carbonyl (C=O) groups excluding carboxylic acids is 2. The van der Waals surface area contributed by atoms with Gasteiger partial charge in [-0.1, -0.05) is 6.92 Å². The number of esters is 1. The molecule has 0 aromatic heterocycles. The minimum absolute atomic E-state index is 0.240. The summed E-state index contributed by atoms with van der Waals surface area (Å²) < 4.78 is 4.75. The minimum Gasteiger partial charge on any atom is -0.464 e. The molecule has 1 saturated heterocycles. The van der Waals surface area contributed by atoms with Gasteiger partial charge in [-0.25, -0.2) is 4.79 Å². The lowest BCUT2D eigenvalue weighted by Crippen LogP contribution is -2.55. The largest absolute Gasteiger partial charge is 0.464 e. The number of hydrogen-bond acceptors (Lipinski definition) is 5. The number of piperazine rings is 1. The fourth-order valence-corrected chi connectivity index (χ4v) is 2.04. The Labute approximate surface area is 108 Å². The fourth-order valence-electron chi connectivity index (χ4n) is 2.04. The molecule has 1 heterocycles. The second-order valence-electron chi connectivity index (χ2n) is 4.40. The zero-order valence-electron chi connectivity index (χ0n) is 11.2. The number of rotatable bonds is 5. The lowest BCUT2D eigenvalue weighted by atomic mass is 10.2. The highest BCUT2D eigenvalue weighted by Gasteiger charge is 2.30. The van der Waals surface area contributed by atoms with E-state index in [4.69, 9.17) is 10.5 Å². The molecule has 2 N–H and O–H groups in total. The first-order valence-corrected chi connectivity index (χ1v) is 6.53. The molecule has 0 bridgehead atoms. The summed E-state index contributed by atoms with van der Waals surface area (Å²) in [6.07, 6.45) is 1.11. The molecular formula is C12H23N3O3. The van der Waals surface area contributed by atoms with Gasteiger partial charge in [-0.15, -0.1) is 0 Å². The summed E-state index contributed by atoms with van der Waals surface area (Å²) >= 11 is 0. The smallest absolute Gasteiger partial charge is 0.332 e. The molecule has 1 aliphatic rings. The van der Waals surface area contributed by atoms with Crippen molar-refractivity contribution in [1.82, 2.24) is 9.80 Å². The van der Waals surface area contributed by atoms with Crippen LogP contribution in [-0.2, 0) is 14.3 Å². The van der Waals surface area contributed by atoms with Crippen molar-refractivity contribution in [1.29, 1.82) is 0 Å². The molecule has 1 rings (SSSR count). The maximum Gasteiger partial charge on any atom is 0.332 e. The van der Waals surface area contributed by atoms with Crippen LogP contribution in [0.2, 0.25) is 0 Å². The maximum absolute atomic E-state index is 12.0. The summed E-state index contributed by atoms with van der Waals surface area (Å²) in [7, 11) is 0. The van der Waals surface area contributed by atoms with Crippen molar-refractivity contribution in [2.45, 2.75) is 26.3 Å². The quantitative estimate of drug-likeness (QED) is 0.527. The second-order valence-corrected chi connectivity index (χ2v) is 4.40. The molecule has 0 aliphatic carbocycles. The normalized spacial score (nSPS) is 18.5. The Balaban J connectivity index is 2.42. The molecule has 0 spiro atoms. The van der Waals surface area contributed by atoms with Crippen LogP contribution in [0.25, 0.3) is 0 Å². The Hall–Kier alpha value is -1.14. The van der Waals surface area contributed by atoms with E-state index >= 15 is 0 Å². The van der Waals surface area contributed by atoms with Gasteiger partial charge in [-0.2, -0.15) is 0 Å². The fraction of sp³-hybridized carbons (Fsp3) is 0.833. The van der Waals surface area contributed by atoms with Gasteiger partial charge in [0.25, 0.3) is 5.91 Å². The third-order valence-corrected chi connectivity index (χ3v) is 3.03. The van der Waals surface area contributed by atoms with E-state index in [0.29, 0.717) is 13.1 Å². The second kappa shape index (κ2) is 7.33. The predicted molar refractivity (Wildman–Crippen MR) is 67.9 cm³/mol. The Morgan fingerprint density at radius 1 is 1.22 bits per heavy atom. The van der Waals surface area contributed by atoms with Gasteiger partial charge in [-0.05, 0) is 19.9 Å². The molecule has 0 radical (unpaired) electrons. The molecule has 0 aromatic rings. The van der Waals surface area contributed by atoms with Crippen molar-refractivity contribution in [2.75, 3.05) is 39.3 Å². The predicted octanol–water partition coefficient (Wildman–Crippen LogP) is -0.569. The van der Waals surface area contributed by atoms with Gasteiger partial charge in [0, 0.05) is 26.2 Å². The Morgan fingerprint density at radius 2 is 1.83 bits per heavy atom. The molecule has 104 valence electrons. The number of nitrogens with two attached hydrogens (primary N) is 1. The first-order chi connectivity index (χ1) is 8.60. The van der Waals surface area contributed by atoms with Crippen molar-refractivity contribution < 1.29 is 14.3 Å². The van der Waals surface area contributed by atoms with E-state index in [1.165, 1.54) is 0 Å². The summed E-state index contributed by atoms with van der Waals surface area (Å²) in [5.41, 5.74) is 5.59. The van der Waals surface area contributed by atoms with E-state index in [2.05, 4.69) is 11.8 Å². The van der Waals surface area contributed by atoms with Crippen molar-refractivity contribution >= 4 is 11.9 Å². The first kappa shape index (κ1) is 14.9. The zero-order valence-corrected chi connectivity index (χ0v) is 11.2. The van der Waals surface area contributed by atoms with Gasteiger partial charge < -0.3 is 15.4 Å². The summed E-state index contributed by atoms with van der Waals surface area (Å²) in [5, 5.41) is 0. The summed E-state index contributed by atoms with van der Waals surface area (Å²) in [4.78, 5) is 27.3. The Morgan fingerprint density at radius 3 is 2.33 bits per heavy atom. The van der Waals surface area contributed by atoms with Crippen LogP contribution < -0.4 is 5.73 Å². The van der Waals surface area contributed by atoms with Crippen molar-refractivity contribution in [2.24, 2.45) is 5.73 Å². The van der Waals surface area contributed by atoms with Crippen LogP contribution in [0, 0.1) is 0 Å². The van der Waals surface area contributed by atoms with Gasteiger partial charge in [0.2, 0.25) is 0 Å². The number of carbonyl (C=O) groups is 2. The molecule has 0 aromatic carbocycles. The highest BCUT2D eigenvalue weighted by Crippen LogP contribution is 2.04.